The van der Waals surface area contributed by atoms with E-state index in [9.17, 15) is 4.79 Å². The van der Waals surface area contributed by atoms with E-state index >= 15 is 0 Å². The molecule has 1 amide bonds. The van der Waals surface area contributed by atoms with Crippen LogP contribution in [0, 0.1) is 6.92 Å². The number of rotatable bonds is 8. The van der Waals surface area contributed by atoms with Gasteiger partial charge in [0.2, 0.25) is 5.91 Å². The lowest BCUT2D eigenvalue weighted by Gasteiger charge is -2.16. The highest BCUT2D eigenvalue weighted by Gasteiger charge is 2.11. The summed E-state index contributed by atoms with van der Waals surface area (Å²) in [4.78, 5) is 12.0. The fourth-order valence-corrected chi connectivity index (χ4v) is 2.33. The Morgan fingerprint density at radius 2 is 1.86 bits per heavy atom. The van der Waals surface area contributed by atoms with Gasteiger partial charge in [-0.2, -0.15) is 0 Å². The smallest absolute Gasteiger partial charge is 0.224 e. The van der Waals surface area contributed by atoms with Crippen molar-refractivity contribution in [1.29, 1.82) is 0 Å². The number of nitrogens with two attached hydrogens (primary N) is 1. The van der Waals surface area contributed by atoms with Crippen molar-refractivity contribution in [2.24, 2.45) is 5.73 Å². The van der Waals surface area contributed by atoms with Crippen LogP contribution in [-0.2, 0) is 4.79 Å². The van der Waals surface area contributed by atoms with Gasteiger partial charge in [0.1, 0.15) is 0 Å². The van der Waals surface area contributed by atoms with Gasteiger partial charge in [0.05, 0.1) is 0 Å². The Bertz CT molecular complexity index is 433. The van der Waals surface area contributed by atoms with Gasteiger partial charge in [0.15, 0.2) is 0 Å². The highest BCUT2D eigenvalue weighted by molar-refractivity contribution is 5.92. The van der Waals surface area contributed by atoms with Gasteiger partial charge in [-0.15, -0.1) is 12.4 Å². The van der Waals surface area contributed by atoms with Crippen molar-refractivity contribution in [3.05, 3.63) is 29.3 Å². The second kappa shape index (κ2) is 10.6. The number of hydrogen-bond acceptors (Lipinski definition) is 2. The first-order chi connectivity index (χ1) is 9.56. The van der Waals surface area contributed by atoms with Crippen LogP contribution in [0.15, 0.2) is 18.2 Å². The van der Waals surface area contributed by atoms with Gasteiger partial charge in [-0.05, 0) is 43.4 Å². The van der Waals surface area contributed by atoms with Crippen molar-refractivity contribution in [3.8, 4) is 0 Å². The summed E-state index contributed by atoms with van der Waals surface area (Å²) < 4.78 is 0. The summed E-state index contributed by atoms with van der Waals surface area (Å²) in [6.45, 7) is 7.09. The molecule has 21 heavy (non-hydrogen) atoms. The predicted octanol–water partition coefficient (Wildman–Crippen LogP) is 4.39. The van der Waals surface area contributed by atoms with Gasteiger partial charge in [-0.1, -0.05) is 44.9 Å². The van der Waals surface area contributed by atoms with Crippen molar-refractivity contribution < 1.29 is 4.79 Å². The SMILES string of the molecule is Cc1cccc(C(C)C)c1NC(=O)CCCCCCN.Cl. The van der Waals surface area contributed by atoms with Crippen LogP contribution in [0.1, 0.15) is 63.0 Å². The summed E-state index contributed by atoms with van der Waals surface area (Å²) in [7, 11) is 0. The largest absolute Gasteiger partial charge is 0.330 e. The van der Waals surface area contributed by atoms with E-state index in [2.05, 4.69) is 25.2 Å². The van der Waals surface area contributed by atoms with Crippen LogP contribution in [-0.4, -0.2) is 12.5 Å². The maximum atomic E-state index is 12.0. The van der Waals surface area contributed by atoms with E-state index in [0.29, 0.717) is 12.3 Å². The molecule has 0 aromatic heterocycles. The van der Waals surface area contributed by atoms with E-state index in [1.807, 2.05) is 19.1 Å². The molecule has 0 bridgehead atoms. The van der Waals surface area contributed by atoms with Crippen molar-refractivity contribution >= 4 is 24.0 Å². The molecule has 0 saturated heterocycles. The van der Waals surface area contributed by atoms with E-state index in [1.54, 1.807) is 0 Å². The summed E-state index contributed by atoms with van der Waals surface area (Å²) in [5.41, 5.74) is 8.79. The molecule has 120 valence electrons. The molecule has 0 atom stereocenters. The molecular weight excluding hydrogens is 284 g/mol. The summed E-state index contributed by atoms with van der Waals surface area (Å²) in [5.74, 6) is 0.531. The zero-order chi connectivity index (χ0) is 15.0. The number of carbonyl (C=O) groups excluding carboxylic acids is 1. The standard InChI is InChI=1S/C17H28N2O.ClH/c1-13(2)15-10-8-9-14(3)17(15)19-16(20)11-6-4-5-7-12-18;/h8-10,13H,4-7,11-12,18H2,1-3H3,(H,19,20);1H. The quantitative estimate of drug-likeness (QED) is 0.699. The molecule has 0 aliphatic carbocycles. The fourth-order valence-electron chi connectivity index (χ4n) is 2.33. The Morgan fingerprint density at radius 3 is 2.48 bits per heavy atom. The van der Waals surface area contributed by atoms with Crippen LogP contribution in [0.25, 0.3) is 0 Å². The second-order valence-electron chi connectivity index (χ2n) is 5.69. The average molecular weight is 313 g/mol. The van der Waals surface area contributed by atoms with Gasteiger partial charge in [0, 0.05) is 12.1 Å². The predicted molar refractivity (Wildman–Crippen MR) is 93.3 cm³/mol. The third-order valence-corrected chi connectivity index (χ3v) is 3.55. The molecule has 1 rings (SSSR count). The lowest BCUT2D eigenvalue weighted by Crippen LogP contribution is -2.14. The van der Waals surface area contributed by atoms with Crippen LogP contribution < -0.4 is 11.1 Å². The van der Waals surface area contributed by atoms with E-state index in [-0.39, 0.29) is 18.3 Å². The van der Waals surface area contributed by atoms with Crippen LogP contribution >= 0.6 is 12.4 Å². The number of aryl methyl sites for hydroxylation is 1. The van der Waals surface area contributed by atoms with Gasteiger partial charge >= 0.3 is 0 Å². The Labute approximate surface area is 135 Å². The molecule has 4 heteroatoms. The van der Waals surface area contributed by atoms with Gasteiger partial charge in [0.25, 0.3) is 0 Å². The number of hydrogen-bond donors (Lipinski definition) is 2. The minimum Gasteiger partial charge on any atom is -0.330 e. The topological polar surface area (TPSA) is 55.1 Å². The number of halogens is 1. The van der Waals surface area contributed by atoms with Crippen molar-refractivity contribution in [2.45, 2.75) is 58.8 Å². The molecular formula is C17H29ClN2O. The van der Waals surface area contributed by atoms with Gasteiger partial charge < -0.3 is 11.1 Å². The zero-order valence-corrected chi connectivity index (χ0v) is 14.3. The number of para-hydroxylation sites is 1. The molecule has 0 fully saturated rings. The maximum absolute atomic E-state index is 12.0. The van der Waals surface area contributed by atoms with Crippen molar-refractivity contribution in [1.82, 2.24) is 0 Å². The monoisotopic (exact) mass is 312 g/mol. The van der Waals surface area contributed by atoms with Crippen LogP contribution in [0.5, 0.6) is 0 Å². The first-order valence-electron chi connectivity index (χ1n) is 7.65. The lowest BCUT2D eigenvalue weighted by molar-refractivity contribution is -0.116. The van der Waals surface area contributed by atoms with Crippen LogP contribution in [0.4, 0.5) is 5.69 Å². The van der Waals surface area contributed by atoms with E-state index in [1.165, 1.54) is 5.56 Å². The highest BCUT2D eigenvalue weighted by Crippen LogP contribution is 2.27. The zero-order valence-electron chi connectivity index (χ0n) is 13.4. The normalized spacial score (nSPS) is 10.3. The summed E-state index contributed by atoms with van der Waals surface area (Å²) in [5, 5.41) is 3.09. The van der Waals surface area contributed by atoms with E-state index < -0.39 is 0 Å². The number of benzene rings is 1. The molecule has 1 aromatic rings. The Kier molecular flexibility index (Phi) is 10.1. The lowest BCUT2D eigenvalue weighted by atomic mass is 9.98. The van der Waals surface area contributed by atoms with Crippen LogP contribution in [0.2, 0.25) is 0 Å². The first kappa shape index (κ1) is 19.9. The molecule has 0 saturated carbocycles. The molecule has 1 aromatic carbocycles. The maximum Gasteiger partial charge on any atom is 0.224 e. The molecule has 3 N–H and O–H groups in total. The van der Waals surface area contributed by atoms with Gasteiger partial charge in [-0.25, -0.2) is 0 Å². The number of amides is 1. The number of carbonyl (C=O) groups is 1. The third-order valence-electron chi connectivity index (χ3n) is 3.55. The minimum atomic E-state index is 0. The first-order valence-corrected chi connectivity index (χ1v) is 7.65. The Hall–Kier alpha value is -1.06. The molecule has 3 nitrogen and oxygen atoms in total. The minimum absolute atomic E-state index is 0. The number of nitrogens with one attached hydrogen (secondary N) is 1. The third kappa shape index (κ3) is 6.96. The van der Waals surface area contributed by atoms with Crippen molar-refractivity contribution in [2.75, 3.05) is 11.9 Å². The van der Waals surface area contributed by atoms with Gasteiger partial charge in [-0.3, -0.25) is 4.79 Å². The second-order valence-corrected chi connectivity index (χ2v) is 5.69. The Morgan fingerprint density at radius 1 is 1.19 bits per heavy atom. The molecule has 0 spiro atoms. The average Bonchev–Trinajstić information content (AvgIpc) is 2.40. The molecule has 0 unspecified atom stereocenters. The number of unbranched alkanes of at least 4 members (excludes halogenated alkanes) is 3. The summed E-state index contributed by atoms with van der Waals surface area (Å²) >= 11 is 0. The van der Waals surface area contributed by atoms with Crippen molar-refractivity contribution in [3.63, 3.8) is 0 Å². The molecule has 0 aliphatic heterocycles. The molecule has 0 radical (unpaired) electrons. The number of anilines is 1. The van der Waals surface area contributed by atoms with Crippen LogP contribution in [0.3, 0.4) is 0 Å². The Balaban J connectivity index is 0.00000400. The summed E-state index contributed by atoms with van der Waals surface area (Å²) in [6.07, 6.45) is 4.78. The van der Waals surface area contributed by atoms with E-state index in [4.69, 9.17) is 5.73 Å². The highest BCUT2D eigenvalue weighted by atomic mass is 35.5. The van der Waals surface area contributed by atoms with E-state index in [0.717, 1.165) is 43.5 Å². The summed E-state index contributed by atoms with van der Waals surface area (Å²) in [6, 6.07) is 6.18. The fraction of sp³-hybridized carbons (Fsp3) is 0.588. The molecule has 0 heterocycles. The molecule has 0 aliphatic rings.